The van der Waals surface area contributed by atoms with E-state index < -0.39 is 15.9 Å². The minimum atomic E-state index is -3.69. The van der Waals surface area contributed by atoms with Crippen LogP contribution in [0.4, 0.5) is 11.4 Å². The fraction of sp³-hybridized carbons (Fsp3) is 0.222. The van der Waals surface area contributed by atoms with Crippen molar-refractivity contribution >= 4 is 27.3 Å². The number of hydrogen-bond acceptors (Lipinski definition) is 4. The number of carbonyl (C=O) groups excluding carboxylic acids is 1. The van der Waals surface area contributed by atoms with Crippen LogP contribution < -0.4 is 9.62 Å². The Morgan fingerprint density at radius 2 is 1.92 bits per heavy atom. The maximum Gasteiger partial charge on any atom is 0.264 e. The largest absolute Gasteiger partial charge is 0.325 e. The molecule has 2 aromatic carbocycles. The number of amides is 1. The monoisotopic (exact) mass is 355 g/mol. The van der Waals surface area contributed by atoms with Gasteiger partial charge in [0.2, 0.25) is 5.91 Å². The Morgan fingerprint density at radius 3 is 2.60 bits per heavy atom. The minimum absolute atomic E-state index is 0.155. The van der Waals surface area contributed by atoms with Crippen LogP contribution in [0, 0.1) is 11.3 Å². The second kappa shape index (κ2) is 6.57. The van der Waals surface area contributed by atoms with Gasteiger partial charge in [-0.1, -0.05) is 18.2 Å². The number of anilines is 2. The normalized spacial score (nSPS) is 16.2. The first kappa shape index (κ1) is 17.0. The van der Waals surface area contributed by atoms with Crippen LogP contribution in [0.25, 0.3) is 0 Å². The lowest BCUT2D eigenvalue weighted by molar-refractivity contribution is -0.115. The van der Waals surface area contributed by atoms with Crippen LogP contribution in [0.5, 0.6) is 0 Å². The van der Waals surface area contributed by atoms with Crippen LogP contribution >= 0.6 is 0 Å². The summed E-state index contributed by atoms with van der Waals surface area (Å²) in [5.74, 6) is -0.430. The minimum Gasteiger partial charge on any atom is -0.325 e. The highest BCUT2D eigenvalue weighted by Gasteiger charge is 2.35. The second-order valence-electron chi connectivity index (χ2n) is 5.89. The summed E-state index contributed by atoms with van der Waals surface area (Å²) in [4.78, 5) is 11.6. The molecule has 1 aliphatic heterocycles. The lowest BCUT2D eigenvalue weighted by atomic mass is 10.1. The molecule has 0 saturated carbocycles. The Balaban J connectivity index is 1.88. The molecule has 7 heteroatoms. The van der Waals surface area contributed by atoms with Gasteiger partial charge in [0.15, 0.2) is 0 Å². The van der Waals surface area contributed by atoms with Crippen molar-refractivity contribution in [3.05, 3.63) is 54.1 Å². The van der Waals surface area contributed by atoms with Crippen molar-refractivity contribution in [2.24, 2.45) is 0 Å². The van der Waals surface area contributed by atoms with E-state index in [1.165, 1.54) is 28.6 Å². The molecule has 1 N–H and O–H groups in total. The van der Waals surface area contributed by atoms with Crippen molar-refractivity contribution in [2.75, 3.05) is 9.62 Å². The lowest BCUT2D eigenvalue weighted by Gasteiger charge is -2.24. The topological polar surface area (TPSA) is 90.3 Å². The summed E-state index contributed by atoms with van der Waals surface area (Å²) in [7, 11) is -3.69. The first-order valence-corrected chi connectivity index (χ1v) is 9.26. The molecule has 6 nitrogen and oxygen atoms in total. The van der Waals surface area contributed by atoms with Gasteiger partial charge < -0.3 is 5.32 Å². The van der Waals surface area contributed by atoms with E-state index >= 15 is 0 Å². The molecule has 0 spiro atoms. The summed E-state index contributed by atoms with van der Waals surface area (Å²) in [6.45, 7) is 1.88. The molecule has 1 unspecified atom stereocenters. The zero-order valence-corrected chi connectivity index (χ0v) is 14.5. The number of nitrogens with one attached hydrogen (secondary N) is 1. The molecule has 0 saturated heterocycles. The number of benzene rings is 2. The van der Waals surface area contributed by atoms with E-state index in [4.69, 9.17) is 5.26 Å². The molecule has 1 atom stereocenters. The quantitative estimate of drug-likeness (QED) is 0.913. The number of fused-ring (bicyclic) bond motifs is 1. The number of nitriles is 1. The third-order valence-electron chi connectivity index (χ3n) is 4.08. The zero-order valence-electron chi connectivity index (χ0n) is 13.6. The van der Waals surface area contributed by atoms with Crippen LogP contribution in [0.3, 0.4) is 0 Å². The molecule has 2 aromatic rings. The summed E-state index contributed by atoms with van der Waals surface area (Å²) < 4.78 is 27.5. The van der Waals surface area contributed by atoms with Gasteiger partial charge in [0, 0.05) is 11.7 Å². The number of hydrogen-bond donors (Lipinski definition) is 1. The predicted molar refractivity (Wildman–Crippen MR) is 94.6 cm³/mol. The Morgan fingerprint density at radius 1 is 1.24 bits per heavy atom. The van der Waals surface area contributed by atoms with Gasteiger partial charge in [-0.3, -0.25) is 9.10 Å². The van der Waals surface area contributed by atoms with Crippen molar-refractivity contribution in [2.45, 2.75) is 30.7 Å². The van der Waals surface area contributed by atoms with E-state index in [9.17, 15) is 13.2 Å². The zero-order chi connectivity index (χ0) is 18.0. The van der Waals surface area contributed by atoms with Gasteiger partial charge in [-0.05, 0) is 49.2 Å². The Labute approximate surface area is 146 Å². The molecule has 1 aliphatic rings. The molecular formula is C18H17N3O3S. The highest BCUT2D eigenvalue weighted by Crippen LogP contribution is 2.36. The molecule has 1 heterocycles. The van der Waals surface area contributed by atoms with Gasteiger partial charge in [-0.2, -0.15) is 5.26 Å². The average molecular weight is 355 g/mol. The first-order chi connectivity index (χ1) is 11.9. The number of sulfonamides is 1. The lowest BCUT2D eigenvalue weighted by Crippen LogP contribution is -2.35. The van der Waals surface area contributed by atoms with Crippen LogP contribution in [0.15, 0.2) is 53.4 Å². The van der Waals surface area contributed by atoms with Gasteiger partial charge >= 0.3 is 0 Å². The number of nitrogens with zero attached hydrogens (tertiary/aromatic N) is 2. The van der Waals surface area contributed by atoms with Crippen LogP contribution in [0.2, 0.25) is 0 Å². The van der Waals surface area contributed by atoms with E-state index in [0.717, 1.165) is 5.56 Å². The Kier molecular flexibility index (Phi) is 4.47. The fourth-order valence-electron chi connectivity index (χ4n) is 3.00. The van der Waals surface area contributed by atoms with Crippen LogP contribution in [0.1, 0.15) is 18.9 Å². The first-order valence-electron chi connectivity index (χ1n) is 7.82. The molecule has 25 heavy (non-hydrogen) atoms. The molecule has 1 amide bonds. The van der Waals surface area contributed by atoms with E-state index in [1.807, 2.05) is 31.2 Å². The Bertz CT molecular complexity index is 946. The molecule has 0 bridgehead atoms. The second-order valence-corrected chi connectivity index (χ2v) is 7.71. The highest BCUT2D eigenvalue weighted by atomic mass is 32.2. The van der Waals surface area contributed by atoms with Gasteiger partial charge in [0.05, 0.1) is 16.7 Å². The third-order valence-corrected chi connectivity index (χ3v) is 6.02. The number of para-hydroxylation sites is 1. The molecule has 0 aliphatic carbocycles. The van der Waals surface area contributed by atoms with Gasteiger partial charge in [0.25, 0.3) is 10.0 Å². The van der Waals surface area contributed by atoms with E-state index in [0.29, 0.717) is 17.8 Å². The predicted octanol–water partition coefficient (Wildman–Crippen LogP) is 2.68. The van der Waals surface area contributed by atoms with E-state index in [-0.39, 0.29) is 17.4 Å². The van der Waals surface area contributed by atoms with Gasteiger partial charge in [-0.15, -0.1) is 0 Å². The summed E-state index contributed by atoms with van der Waals surface area (Å²) in [5, 5.41) is 11.0. The molecular weight excluding hydrogens is 338 g/mol. The smallest absolute Gasteiger partial charge is 0.264 e. The van der Waals surface area contributed by atoms with Gasteiger partial charge in [0.1, 0.15) is 6.42 Å². The molecule has 0 fully saturated rings. The Hall–Kier alpha value is -2.85. The number of rotatable bonds is 4. The standard InChI is InChI=1S/C18H17N3O3S/c1-13-12-14-4-2-3-5-17(14)21(13)25(23,24)16-8-6-15(7-9-16)20-18(22)10-11-19/h2-9,13H,10,12H2,1H3,(H,20,22). The highest BCUT2D eigenvalue weighted by molar-refractivity contribution is 7.92. The van der Waals surface area contributed by atoms with E-state index in [1.54, 1.807) is 6.07 Å². The molecule has 128 valence electrons. The summed E-state index contributed by atoms with van der Waals surface area (Å²) in [6, 6.07) is 15.1. The maximum absolute atomic E-state index is 13.0. The maximum atomic E-state index is 13.0. The van der Waals surface area contributed by atoms with Crippen molar-refractivity contribution in [1.29, 1.82) is 5.26 Å². The molecule has 3 rings (SSSR count). The third kappa shape index (κ3) is 3.21. The summed E-state index contributed by atoms with van der Waals surface area (Å²) in [6.07, 6.45) is 0.430. The summed E-state index contributed by atoms with van der Waals surface area (Å²) in [5.41, 5.74) is 2.18. The van der Waals surface area contributed by atoms with Crippen molar-refractivity contribution < 1.29 is 13.2 Å². The molecule has 0 aromatic heterocycles. The van der Waals surface area contributed by atoms with Crippen molar-refractivity contribution in [1.82, 2.24) is 0 Å². The van der Waals surface area contributed by atoms with Crippen molar-refractivity contribution in [3.63, 3.8) is 0 Å². The number of carbonyl (C=O) groups is 1. The molecule has 0 radical (unpaired) electrons. The summed E-state index contributed by atoms with van der Waals surface area (Å²) >= 11 is 0. The van der Waals surface area contributed by atoms with Crippen LogP contribution in [-0.4, -0.2) is 20.4 Å². The average Bonchev–Trinajstić information content (AvgIpc) is 2.92. The van der Waals surface area contributed by atoms with Crippen molar-refractivity contribution in [3.8, 4) is 6.07 Å². The van der Waals surface area contributed by atoms with E-state index in [2.05, 4.69) is 5.32 Å². The van der Waals surface area contributed by atoms with Gasteiger partial charge in [-0.25, -0.2) is 8.42 Å². The van der Waals surface area contributed by atoms with Crippen LogP contribution in [-0.2, 0) is 21.2 Å². The fourth-order valence-corrected chi connectivity index (χ4v) is 4.70. The SMILES string of the molecule is CC1Cc2ccccc2N1S(=O)(=O)c1ccc(NC(=O)CC#N)cc1.